The summed E-state index contributed by atoms with van der Waals surface area (Å²) in [4.78, 5) is 8.13. The number of hydrogen-bond donors (Lipinski definition) is 0. The number of aromatic nitrogens is 1. The van der Waals surface area contributed by atoms with Crippen LogP contribution in [0.25, 0.3) is 0 Å². The van der Waals surface area contributed by atoms with Crippen LogP contribution in [0.5, 0.6) is 0 Å². The summed E-state index contributed by atoms with van der Waals surface area (Å²) < 4.78 is 0.857. The molecule has 0 aliphatic heterocycles. The van der Waals surface area contributed by atoms with E-state index >= 15 is 0 Å². The van der Waals surface area contributed by atoms with Gasteiger partial charge in [0.05, 0.1) is 15.0 Å². The highest BCUT2D eigenvalue weighted by atomic mass is 35.5. The van der Waals surface area contributed by atoms with Gasteiger partial charge < -0.3 is 0 Å². The normalized spacial score (nSPS) is 11.3. The number of hydrogen-bond acceptors (Lipinski definition) is 4. The molecule has 0 saturated carbocycles. The molecule has 92 valence electrons. The molecule has 5 heteroatoms. The lowest BCUT2D eigenvalue weighted by Gasteiger charge is -2.13. The minimum atomic E-state index is 0.857. The molecule has 0 aliphatic rings. The van der Waals surface area contributed by atoms with E-state index in [1.165, 1.54) is 9.88 Å². The van der Waals surface area contributed by atoms with Crippen LogP contribution in [0, 0.1) is 0 Å². The number of rotatable bonds is 5. The first-order valence-corrected chi connectivity index (χ1v) is 7.61. The fraction of sp³-hybridized carbons (Fsp3) is 0.417. The molecule has 0 amide bonds. The van der Waals surface area contributed by atoms with E-state index in [4.69, 9.17) is 11.6 Å². The Morgan fingerprint density at radius 3 is 2.76 bits per heavy atom. The maximum atomic E-state index is 5.92. The molecule has 0 N–H and O–H groups in total. The molecule has 0 aromatic carbocycles. The van der Waals surface area contributed by atoms with Gasteiger partial charge in [-0.15, -0.1) is 22.7 Å². The van der Waals surface area contributed by atoms with E-state index in [0.717, 1.165) is 29.5 Å². The van der Waals surface area contributed by atoms with Crippen molar-refractivity contribution in [2.24, 2.45) is 0 Å². The van der Waals surface area contributed by atoms with Crippen LogP contribution in [0.1, 0.15) is 22.5 Å². The Labute approximate surface area is 115 Å². The van der Waals surface area contributed by atoms with Crippen molar-refractivity contribution in [3.63, 3.8) is 0 Å². The molecule has 0 bridgehead atoms. The molecule has 17 heavy (non-hydrogen) atoms. The lowest BCUT2D eigenvalue weighted by Crippen LogP contribution is -2.16. The van der Waals surface area contributed by atoms with Gasteiger partial charge >= 0.3 is 0 Å². The molecule has 2 nitrogen and oxygen atoms in total. The quantitative estimate of drug-likeness (QED) is 0.824. The van der Waals surface area contributed by atoms with E-state index < -0.39 is 0 Å². The van der Waals surface area contributed by atoms with E-state index in [-0.39, 0.29) is 0 Å². The van der Waals surface area contributed by atoms with Crippen LogP contribution in [-0.4, -0.2) is 16.9 Å². The van der Waals surface area contributed by atoms with Crippen molar-refractivity contribution in [2.45, 2.75) is 26.4 Å². The highest BCUT2D eigenvalue weighted by Crippen LogP contribution is 2.23. The average molecular weight is 287 g/mol. The largest absolute Gasteiger partial charge is 0.295 e. The summed E-state index contributed by atoms with van der Waals surface area (Å²) in [6.07, 6.45) is 1.02. The molecule has 0 saturated heterocycles. The summed E-state index contributed by atoms with van der Waals surface area (Å²) in [7, 11) is 2.11. The van der Waals surface area contributed by atoms with Crippen molar-refractivity contribution < 1.29 is 0 Å². The van der Waals surface area contributed by atoms with Gasteiger partial charge in [0.15, 0.2) is 0 Å². The van der Waals surface area contributed by atoms with Gasteiger partial charge in [-0.1, -0.05) is 18.5 Å². The van der Waals surface area contributed by atoms with Gasteiger partial charge in [0.25, 0.3) is 0 Å². The molecule has 0 aliphatic carbocycles. The Balaban J connectivity index is 1.90. The molecule has 0 fully saturated rings. The molecule has 2 aromatic rings. The predicted octanol–water partition coefficient (Wildman–Crippen LogP) is 4.05. The molecule has 0 atom stereocenters. The smallest absolute Gasteiger partial charge is 0.0931 e. The van der Waals surface area contributed by atoms with Crippen molar-refractivity contribution in [3.05, 3.63) is 37.4 Å². The summed E-state index contributed by atoms with van der Waals surface area (Å²) in [5.74, 6) is 0. The van der Waals surface area contributed by atoms with E-state index in [2.05, 4.69) is 35.3 Å². The molecule has 2 aromatic heterocycles. The minimum Gasteiger partial charge on any atom is -0.295 e. The standard InChI is InChI=1S/C12H15ClN2S2/c1-3-12-14-9(8-16-12)6-15(2)7-10-4-5-11(13)17-10/h4-5,8H,3,6-7H2,1-2H3. The van der Waals surface area contributed by atoms with Gasteiger partial charge in [-0.05, 0) is 25.6 Å². The topological polar surface area (TPSA) is 16.1 Å². The van der Waals surface area contributed by atoms with Crippen LogP contribution in [0.15, 0.2) is 17.5 Å². The molecular formula is C12H15ClN2S2. The van der Waals surface area contributed by atoms with E-state index in [1.807, 2.05) is 6.07 Å². The van der Waals surface area contributed by atoms with Crippen LogP contribution in [0.3, 0.4) is 0 Å². The summed E-state index contributed by atoms with van der Waals surface area (Å²) in [6.45, 7) is 3.96. The lowest BCUT2D eigenvalue weighted by molar-refractivity contribution is 0.318. The second-order valence-corrected chi connectivity index (χ2v) is 6.71. The first-order valence-electron chi connectivity index (χ1n) is 5.53. The fourth-order valence-corrected chi connectivity index (χ4v) is 3.52. The van der Waals surface area contributed by atoms with Gasteiger partial charge in [0, 0.05) is 23.3 Å². The third kappa shape index (κ3) is 3.78. The maximum absolute atomic E-state index is 5.92. The van der Waals surface area contributed by atoms with Crippen LogP contribution < -0.4 is 0 Å². The summed E-state index contributed by atoms with van der Waals surface area (Å²) in [5.41, 5.74) is 1.16. The van der Waals surface area contributed by atoms with Crippen molar-refractivity contribution in [3.8, 4) is 0 Å². The molecular weight excluding hydrogens is 272 g/mol. The number of thiophene rings is 1. The second-order valence-electron chi connectivity index (χ2n) is 3.96. The number of thiazole rings is 1. The molecule has 2 rings (SSSR count). The SMILES string of the molecule is CCc1nc(CN(C)Cc2ccc(Cl)s2)cs1. The highest BCUT2D eigenvalue weighted by molar-refractivity contribution is 7.16. The maximum Gasteiger partial charge on any atom is 0.0931 e. The second kappa shape index (κ2) is 5.96. The summed E-state index contributed by atoms with van der Waals surface area (Å²) in [6, 6.07) is 4.04. The van der Waals surface area contributed by atoms with Gasteiger partial charge in [-0.3, -0.25) is 4.90 Å². The van der Waals surface area contributed by atoms with Crippen LogP contribution >= 0.6 is 34.3 Å². The summed E-state index contributed by atoms with van der Waals surface area (Å²) >= 11 is 9.30. The molecule has 0 radical (unpaired) electrons. The van der Waals surface area contributed by atoms with E-state index in [0.29, 0.717) is 0 Å². The predicted molar refractivity (Wildman–Crippen MR) is 76.0 cm³/mol. The number of nitrogens with zero attached hydrogens (tertiary/aromatic N) is 2. The zero-order valence-corrected chi connectivity index (χ0v) is 12.3. The van der Waals surface area contributed by atoms with Gasteiger partial charge in [-0.25, -0.2) is 4.98 Å². The minimum absolute atomic E-state index is 0.857. The zero-order chi connectivity index (χ0) is 12.3. The van der Waals surface area contributed by atoms with Gasteiger partial charge in [0.1, 0.15) is 0 Å². The Morgan fingerprint density at radius 1 is 1.35 bits per heavy atom. The fourth-order valence-electron chi connectivity index (χ4n) is 1.62. The number of halogens is 1. The zero-order valence-electron chi connectivity index (χ0n) is 9.94. The third-order valence-corrected chi connectivity index (χ3v) is 4.65. The Bertz CT molecular complexity index is 478. The van der Waals surface area contributed by atoms with E-state index in [9.17, 15) is 0 Å². The monoisotopic (exact) mass is 286 g/mol. The first kappa shape index (κ1) is 13.0. The first-order chi connectivity index (χ1) is 8.17. The third-order valence-electron chi connectivity index (χ3n) is 2.39. The van der Waals surface area contributed by atoms with Gasteiger partial charge in [-0.2, -0.15) is 0 Å². The van der Waals surface area contributed by atoms with Crippen molar-refractivity contribution in [1.82, 2.24) is 9.88 Å². The van der Waals surface area contributed by atoms with Crippen molar-refractivity contribution >= 4 is 34.3 Å². The van der Waals surface area contributed by atoms with Crippen molar-refractivity contribution in [2.75, 3.05) is 7.05 Å². The van der Waals surface area contributed by atoms with Crippen molar-refractivity contribution in [1.29, 1.82) is 0 Å². The molecule has 0 unspecified atom stereocenters. The number of aryl methyl sites for hydroxylation is 1. The lowest BCUT2D eigenvalue weighted by atomic mass is 10.4. The van der Waals surface area contributed by atoms with Gasteiger partial charge in [0.2, 0.25) is 0 Å². The molecule has 2 heterocycles. The molecule has 0 spiro atoms. The van der Waals surface area contributed by atoms with E-state index in [1.54, 1.807) is 22.7 Å². The van der Waals surface area contributed by atoms with Crippen LogP contribution in [0.2, 0.25) is 4.34 Å². The summed E-state index contributed by atoms with van der Waals surface area (Å²) in [5, 5.41) is 3.36. The Kier molecular flexibility index (Phi) is 4.56. The van der Waals surface area contributed by atoms with Crippen LogP contribution in [0.4, 0.5) is 0 Å². The average Bonchev–Trinajstić information content (AvgIpc) is 2.88. The van der Waals surface area contributed by atoms with Crippen LogP contribution in [-0.2, 0) is 19.5 Å². The Hall–Kier alpha value is -0.420. The Morgan fingerprint density at radius 2 is 2.18 bits per heavy atom. The highest BCUT2D eigenvalue weighted by Gasteiger charge is 2.06.